The highest BCUT2D eigenvalue weighted by Crippen LogP contribution is 2.24. The summed E-state index contributed by atoms with van der Waals surface area (Å²) in [6, 6.07) is 5.55. The van der Waals surface area contributed by atoms with Crippen molar-refractivity contribution in [2.75, 3.05) is 26.2 Å². The number of guanidine groups is 1. The molecule has 1 N–H and O–H groups in total. The van der Waals surface area contributed by atoms with E-state index in [0.717, 1.165) is 49.0 Å². The third-order valence-corrected chi connectivity index (χ3v) is 6.49. The molecule has 1 atom stereocenters. The zero-order valence-electron chi connectivity index (χ0n) is 17.7. The topological polar surface area (TPSA) is 114 Å². The summed E-state index contributed by atoms with van der Waals surface area (Å²) in [5, 5.41) is 11.6. The molecule has 1 unspecified atom stereocenters. The number of nitrogens with one attached hydrogen (secondary N) is 1. The van der Waals surface area contributed by atoms with Crippen LogP contribution in [0, 0.1) is 17.4 Å². The minimum Gasteiger partial charge on any atom is -0.341 e. The lowest BCUT2D eigenvalue weighted by Crippen LogP contribution is -2.44. The Morgan fingerprint density at radius 3 is 2.91 bits per heavy atom. The van der Waals surface area contributed by atoms with Crippen molar-refractivity contribution in [3.05, 3.63) is 23.7 Å². The van der Waals surface area contributed by atoms with E-state index < -0.39 is 5.92 Å². The van der Waals surface area contributed by atoms with Crippen LogP contribution in [-0.4, -0.2) is 65.0 Å². The number of hydrogen-bond acceptors (Lipinski definition) is 6. The molecule has 1 aromatic carbocycles. The molecule has 10 heteroatoms. The maximum Gasteiger partial charge on any atom is 0.242 e. The summed E-state index contributed by atoms with van der Waals surface area (Å²) in [6.07, 6.45) is 7.84. The van der Waals surface area contributed by atoms with Crippen LogP contribution in [0.5, 0.6) is 0 Å². The van der Waals surface area contributed by atoms with Crippen molar-refractivity contribution in [3.63, 3.8) is 0 Å². The van der Waals surface area contributed by atoms with Gasteiger partial charge in [-0.05, 0) is 43.9 Å². The summed E-state index contributed by atoms with van der Waals surface area (Å²) in [5.41, 5.74) is 3.30. The fourth-order valence-corrected chi connectivity index (χ4v) is 4.71. The highest BCUT2D eigenvalue weighted by Gasteiger charge is 2.29. The fourth-order valence-electron chi connectivity index (χ4n) is 4.00. The number of nitrogens with zero attached hydrogens (tertiary/aromatic N) is 6. The van der Waals surface area contributed by atoms with Gasteiger partial charge in [0.05, 0.1) is 33.9 Å². The number of amides is 2. The SMILES string of the molecule is N#CNC(=Nc1ccc2ncsc2c1)/N=C\C1CCCCN(CC(=O)N2CCCC2)C1=O. The minimum absolute atomic E-state index is 0.0142. The number of carbonyl (C=O) groups excluding carboxylic acids is 2. The maximum absolute atomic E-state index is 13.1. The normalized spacial score (nSPS) is 20.0. The molecule has 2 fully saturated rings. The van der Waals surface area contributed by atoms with Crippen molar-refractivity contribution in [2.24, 2.45) is 15.9 Å². The van der Waals surface area contributed by atoms with Crippen molar-refractivity contribution in [3.8, 4) is 6.19 Å². The van der Waals surface area contributed by atoms with E-state index in [1.54, 1.807) is 22.7 Å². The van der Waals surface area contributed by atoms with Gasteiger partial charge in [0.2, 0.25) is 17.8 Å². The summed E-state index contributed by atoms with van der Waals surface area (Å²) in [4.78, 5) is 42.1. The van der Waals surface area contributed by atoms with Crippen molar-refractivity contribution in [1.82, 2.24) is 20.1 Å². The van der Waals surface area contributed by atoms with Gasteiger partial charge in [0.15, 0.2) is 6.19 Å². The number of likely N-dealkylation sites (tertiary alicyclic amines) is 2. The molecule has 32 heavy (non-hydrogen) atoms. The molecule has 0 bridgehead atoms. The van der Waals surface area contributed by atoms with Gasteiger partial charge in [-0.3, -0.25) is 14.9 Å². The second-order valence-electron chi connectivity index (χ2n) is 7.90. The molecule has 3 heterocycles. The van der Waals surface area contributed by atoms with Gasteiger partial charge in [0, 0.05) is 25.8 Å². The molecule has 1 aromatic heterocycles. The molecule has 166 valence electrons. The van der Waals surface area contributed by atoms with Crippen LogP contribution in [0.15, 0.2) is 33.7 Å². The number of aromatic nitrogens is 1. The predicted octanol–water partition coefficient (Wildman–Crippen LogP) is 2.68. The van der Waals surface area contributed by atoms with Crippen molar-refractivity contribution in [1.29, 1.82) is 5.26 Å². The van der Waals surface area contributed by atoms with Crippen LogP contribution >= 0.6 is 11.3 Å². The quantitative estimate of drug-likeness (QED) is 0.332. The van der Waals surface area contributed by atoms with Crippen LogP contribution < -0.4 is 5.32 Å². The van der Waals surface area contributed by atoms with Gasteiger partial charge in [-0.25, -0.2) is 15.0 Å². The Bertz CT molecular complexity index is 1080. The van der Waals surface area contributed by atoms with Gasteiger partial charge >= 0.3 is 0 Å². The van der Waals surface area contributed by atoms with Crippen molar-refractivity contribution >= 4 is 51.2 Å². The van der Waals surface area contributed by atoms with Crippen molar-refractivity contribution < 1.29 is 9.59 Å². The van der Waals surface area contributed by atoms with Gasteiger partial charge in [0.1, 0.15) is 0 Å². The summed E-state index contributed by atoms with van der Waals surface area (Å²) < 4.78 is 0.990. The third-order valence-electron chi connectivity index (χ3n) is 5.70. The second-order valence-corrected chi connectivity index (χ2v) is 8.79. The minimum atomic E-state index is -0.446. The van der Waals surface area contributed by atoms with E-state index in [2.05, 4.69) is 20.3 Å². The van der Waals surface area contributed by atoms with E-state index in [-0.39, 0.29) is 24.3 Å². The fraction of sp³-hybridized carbons (Fsp3) is 0.455. The van der Waals surface area contributed by atoms with Crippen LogP contribution in [0.3, 0.4) is 0 Å². The van der Waals surface area contributed by atoms with Gasteiger partial charge in [0.25, 0.3) is 0 Å². The summed E-state index contributed by atoms with van der Waals surface area (Å²) >= 11 is 1.51. The zero-order chi connectivity index (χ0) is 22.3. The molecule has 2 amide bonds. The molecule has 2 saturated heterocycles. The molecule has 9 nitrogen and oxygen atoms in total. The lowest BCUT2D eigenvalue weighted by Gasteiger charge is -2.25. The number of benzene rings is 1. The number of thiazole rings is 1. The second kappa shape index (κ2) is 10.3. The largest absolute Gasteiger partial charge is 0.341 e. The molecule has 0 spiro atoms. The Hall–Kier alpha value is -3.32. The van der Waals surface area contributed by atoms with Crippen LogP contribution in [-0.2, 0) is 9.59 Å². The molecular weight excluding hydrogens is 426 g/mol. The van der Waals surface area contributed by atoms with E-state index in [0.29, 0.717) is 18.7 Å². The molecule has 2 aromatic rings. The first-order valence-electron chi connectivity index (χ1n) is 10.8. The lowest BCUT2D eigenvalue weighted by molar-refractivity contribution is -0.140. The monoisotopic (exact) mass is 451 g/mol. The van der Waals surface area contributed by atoms with Gasteiger partial charge in [-0.2, -0.15) is 5.26 Å². The molecule has 2 aliphatic heterocycles. The van der Waals surface area contributed by atoms with Crippen LogP contribution in [0.2, 0.25) is 0 Å². The molecule has 0 radical (unpaired) electrons. The van der Waals surface area contributed by atoms with Crippen LogP contribution in [0.25, 0.3) is 10.2 Å². The Kier molecular flexibility index (Phi) is 7.07. The number of fused-ring (bicyclic) bond motifs is 1. The smallest absolute Gasteiger partial charge is 0.242 e. The standard InChI is InChI=1S/C22H25N7O2S/c23-14-25-22(27-17-6-7-18-19(11-17)32-15-26-18)24-12-16-5-1-2-10-29(21(16)31)13-20(30)28-8-3-4-9-28/h6-7,11-12,15-16H,1-5,8-10,13H2,(H,25,27)/b24-12-. The molecule has 0 aliphatic carbocycles. The summed E-state index contributed by atoms with van der Waals surface area (Å²) in [6.45, 7) is 2.25. The number of hydrogen-bond donors (Lipinski definition) is 1. The summed E-state index contributed by atoms with van der Waals surface area (Å²) in [5.74, 6) is -0.409. The molecule has 2 aliphatic rings. The first-order valence-corrected chi connectivity index (χ1v) is 11.7. The van der Waals surface area contributed by atoms with E-state index in [1.165, 1.54) is 11.3 Å². The number of carbonyl (C=O) groups is 2. The first kappa shape index (κ1) is 21.9. The van der Waals surface area contributed by atoms with E-state index in [1.807, 2.05) is 23.2 Å². The predicted molar refractivity (Wildman–Crippen MR) is 124 cm³/mol. The summed E-state index contributed by atoms with van der Waals surface area (Å²) in [7, 11) is 0. The third kappa shape index (κ3) is 5.29. The van der Waals surface area contributed by atoms with E-state index >= 15 is 0 Å². The lowest BCUT2D eigenvalue weighted by atomic mass is 10.0. The Labute approximate surface area is 190 Å². The number of aliphatic imine (C=N–C) groups is 2. The van der Waals surface area contributed by atoms with E-state index in [9.17, 15) is 9.59 Å². The Morgan fingerprint density at radius 1 is 1.28 bits per heavy atom. The Balaban J connectivity index is 1.47. The van der Waals surface area contributed by atoms with Crippen LogP contribution in [0.1, 0.15) is 32.1 Å². The average Bonchev–Trinajstić information content (AvgIpc) is 3.46. The van der Waals surface area contributed by atoms with Crippen LogP contribution in [0.4, 0.5) is 5.69 Å². The highest BCUT2D eigenvalue weighted by atomic mass is 32.1. The van der Waals surface area contributed by atoms with Gasteiger partial charge in [-0.15, -0.1) is 11.3 Å². The van der Waals surface area contributed by atoms with Gasteiger partial charge in [-0.1, -0.05) is 6.42 Å². The highest BCUT2D eigenvalue weighted by molar-refractivity contribution is 7.16. The zero-order valence-corrected chi connectivity index (χ0v) is 18.6. The molecule has 0 saturated carbocycles. The average molecular weight is 452 g/mol. The Morgan fingerprint density at radius 2 is 2.09 bits per heavy atom. The van der Waals surface area contributed by atoms with E-state index in [4.69, 9.17) is 5.26 Å². The van der Waals surface area contributed by atoms with Crippen molar-refractivity contribution in [2.45, 2.75) is 32.1 Å². The number of nitriles is 1. The maximum atomic E-state index is 13.1. The first-order chi connectivity index (χ1) is 15.6. The van der Waals surface area contributed by atoms with Gasteiger partial charge < -0.3 is 9.80 Å². The molecular formula is C22H25N7O2S. The molecule has 4 rings (SSSR count). The number of rotatable bonds is 4.